The summed E-state index contributed by atoms with van der Waals surface area (Å²) in [6.45, 7) is 6.57. The average molecular weight is 624 g/mol. The number of benzene rings is 3. The summed E-state index contributed by atoms with van der Waals surface area (Å²) >= 11 is 6.46. The van der Waals surface area contributed by atoms with E-state index in [4.69, 9.17) is 35.4 Å². The molecule has 232 valence electrons. The third-order valence-electron chi connectivity index (χ3n) is 7.25. The van der Waals surface area contributed by atoms with Crippen molar-refractivity contribution in [3.8, 4) is 23.0 Å². The van der Waals surface area contributed by atoms with Crippen molar-refractivity contribution in [2.45, 2.75) is 39.2 Å². The van der Waals surface area contributed by atoms with Gasteiger partial charge >= 0.3 is 6.09 Å². The largest absolute Gasteiger partial charge is 0.493 e. The maximum absolute atomic E-state index is 14.2. The molecule has 4 aromatic rings. The number of halogens is 1. The third-order valence-corrected chi connectivity index (χ3v) is 7.62. The van der Waals surface area contributed by atoms with Crippen molar-refractivity contribution in [2.75, 3.05) is 38.7 Å². The topological polar surface area (TPSA) is 120 Å². The van der Waals surface area contributed by atoms with Crippen LogP contribution in [0.4, 0.5) is 10.5 Å². The Morgan fingerprint density at radius 1 is 0.977 bits per heavy atom. The van der Waals surface area contributed by atoms with Gasteiger partial charge in [0.2, 0.25) is 5.75 Å². The van der Waals surface area contributed by atoms with Gasteiger partial charge in [0.15, 0.2) is 17.2 Å². The van der Waals surface area contributed by atoms with Crippen LogP contribution in [-0.2, 0) is 9.53 Å². The van der Waals surface area contributed by atoms with Crippen LogP contribution in [0.3, 0.4) is 0 Å². The van der Waals surface area contributed by atoms with E-state index in [1.54, 1.807) is 43.9 Å². The quantitative estimate of drug-likeness (QED) is 0.185. The van der Waals surface area contributed by atoms with E-state index in [0.29, 0.717) is 56.5 Å². The summed E-state index contributed by atoms with van der Waals surface area (Å²) in [5.74, 6) is 0.509. The first-order valence-corrected chi connectivity index (χ1v) is 14.4. The number of amides is 3. The second-order valence-electron chi connectivity index (χ2n) is 11.3. The van der Waals surface area contributed by atoms with Gasteiger partial charge in [0.1, 0.15) is 11.3 Å². The van der Waals surface area contributed by atoms with E-state index < -0.39 is 17.6 Å². The highest BCUT2D eigenvalue weighted by Crippen LogP contribution is 2.47. The molecule has 0 fully saturated rings. The van der Waals surface area contributed by atoms with Crippen molar-refractivity contribution in [3.63, 3.8) is 0 Å². The Kier molecular flexibility index (Phi) is 8.26. The van der Waals surface area contributed by atoms with E-state index in [-0.39, 0.29) is 23.5 Å². The van der Waals surface area contributed by atoms with Gasteiger partial charge in [-0.05, 0) is 43.9 Å². The number of carbonyl (C=O) groups excluding carboxylic acids is 3. The first-order valence-electron chi connectivity index (χ1n) is 13.9. The van der Waals surface area contributed by atoms with E-state index in [1.807, 2.05) is 24.3 Å². The lowest BCUT2D eigenvalue weighted by Gasteiger charge is -2.26. The van der Waals surface area contributed by atoms with Crippen LogP contribution in [0.5, 0.6) is 23.0 Å². The Labute approximate surface area is 259 Å². The Morgan fingerprint density at radius 3 is 2.25 bits per heavy atom. The van der Waals surface area contributed by atoms with Gasteiger partial charge in [-0.15, -0.1) is 11.6 Å². The highest BCUT2D eigenvalue weighted by Gasteiger charge is 2.37. The fraction of sp³-hybridized carbons (Fsp3) is 0.344. The summed E-state index contributed by atoms with van der Waals surface area (Å²) in [7, 11) is 4.54. The van der Waals surface area contributed by atoms with Gasteiger partial charge in [0, 0.05) is 42.1 Å². The molecule has 2 heterocycles. The second-order valence-corrected chi connectivity index (χ2v) is 11.6. The van der Waals surface area contributed by atoms with Crippen molar-refractivity contribution in [1.82, 2.24) is 10.0 Å². The van der Waals surface area contributed by atoms with Crippen LogP contribution in [0.15, 0.2) is 42.5 Å². The van der Waals surface area contributed by atoms with Gasteiger partial charge in [-0.3, -0.25) is 9.59 Å². The number of hydroxylamine groups is 2. The van der Waals surface area contributed by atoms with Crippen LogP contribution < -0.4 is 23.9 Å². The summed E-state index contributed by atoms with van der Waals surface area (Å²) in [4.78, 5) is 50.3. The number of rotatable bonds is 7. The van der Waals surface area contributed by atoms with E-state index in [9.17, 15) is 14.4 Å². The molecule has 44 heavy (non-hydrogen) atoms. The zero-order valence-electron chi connectivity index (χ0n) is 25.6. The third kappa shape index (κ3) is 5.43. The molecule has 0 saturated heterocycles. The molecule has 1 aromatic heterocycles. The van der Waals surface area contributed by atoms with Crippen molar-refractivity contribution in [1.29, 1.82) is 0 Å². The smallest absolute Gasteiger partial charge is 0.451 e. The summed E-state index contributed by atoms with van der Waals surface area (Å²) in [6.07, 6.45) is -0.959. The summed E-state index contributed by atoms with van der Waals surface area (Å²) in [5.41, 5.74) is 1.41. The molecule has 3 aromatic carbocycles. The zero-order valence-corrected chi connectivity index (χ0v) is 26.3. The minimum absolute atomic E-state index is 0.191. The van der Waals surface area contributed by atoms with E-state index >= 15 is 0 Å². The molecule has 0 saturated carbocycles. The normalized spacial score (nSPS) is 14.4. The Bertz CT molecular complexity index is 1780. The molecule has 1 atom stereocenters. The molecule has 12 heteroatoms. The molecular weight excluding hydrogens is 590 g/mol. The van der Waals surface area contributed by atoms with Gasteiger partial charge in [0.05, 0.1) is 32.5 Å². The summed E-state index contributed by atoms with van der Waals surface area (Å²) in [5, 5.41) is 2.68. The van der Waals surface area contributed by atoms with Gasteiger partial charge in [-0.25, -0.2) is 4.79 Å². The summed E-state index contributed by atoms with van der Waals surface area (Å²) < 4.78 is 22.0. The number of alkyl halides is 1. The predicted octanol–water partition coefficient (Wildman–Crippen LogP) is 6.41. The number of ether oxygens (including phenoxy) is 4. The average Bonchev–Trinajstić information content (AvgIpc) is 3.58. The first-order chi connectivity index (χ1) is 20.9. The predicted molar refractivity (Wildman–Crippen MR) is 166 cm³/mol. The highest BCUT2D eigenvalue weighted by atomic mass is 35.5. The number of hydrogen-bond donors (Lipinski definition) is 1. The second kappa shape index (κ2) is 11.8. The van der Waals surface area contributed by atoms with Crippen LogP contribution >= 0.6 is 11.6 Å². The number of nitrogens with zero attached hydrogens (tertiary/aromatic N) is 2. The zero-order chi connectivity index (χ0) is 31.9. The highest BCUT2D eigenvalue weighted by molar-refractivity contribution is 6.19. The Hall–Kier alpha value is -4.64. The number of fused-ring (bicyclic) bond motifs is 4. The fourth-order valence-electron chi connectivity index (χ4n) is 5.44. The van der Waals surface area contributed by atoms with Crippen molar-refractivity contribution in [2.24, 2.45) is 0 Å². The number of anilines is 1. The summed E-state index contributed by atoms with van der Waals surface area (Å²) in [6, 6.07) is 12.5. The van der Waals surface area contributed by atoms with Crippen LogP contribution in [0.1, 0.15) is 49.7 Å². The molecule has 1 aliphatic heterocycles. The fourth-order valence-corrected chi connectivity index (χ4v) is 5.70. The Balaban J connectivity index is 1.62. The molecule has 0 unspecified atom stereocenters. The molecule has 0 bridgehead atoms. The lowest BCUT2D eigenvalue weighted by atomic mass is 9.95. The van der Waals surface area contributed by atoms with Gasteiger partial charge in [-0.1, -0.05) is 29.3 Å². The van der Waals surface area contributed by atoms with Crippen LogP contribution in [0, 0.1) is 0 Å². The molecule has 11 nitrogen and oxygen atoms in total. The van der Waals surface area contributed by atoms with E-state index in [2.05, 4.69) is 4.98 Å². The molecule has 5 rings (SSSR count). The Morgan fingerprint density at radius 2 is 1.66 bits per heavy atom. The molecule has 0 aliphatic carbocycles. The minimum Gasteiger partial charge on any atom is -0.493 e. The van der Waals surface area contributed by atoms with Gasteiger partial charge in [-0.2, -0.15) is 0 Å². The van der Waals surface area contributed by atoms with Crippen LogP contribution in [-0.4, -0.2) is 67.3 Å². The van der Waals surface area contributed by atoms with Crippen molar-refractivity contribution < 1.29 is 38.2 Å². The van der Waals surface area contributed by atoms with Gasteiger partial charge in [0.25, 0.3) is 11.8 Å². The number of aromatic amines is 1. The molecule has 3 amide bonds. The maximum Gasteiger partial charge on any atom is 0.451 e. The number of imide groups is 1. The molecule has 1 aliphatic rings. The molecular formula is C32H34ClN3O8. The number of carbonyl (C=O) groups is 3. The lowest BCUT2D eigenvalue weighted by molar-refractivity contribution is -0.150. The number of H-pyrrole nitrogens is 1. The molecule has 0 radical (unpaired) electrons. The first kappa shape index (κ1) is 30.8. The van der Waals surface area contributed by atoms with Gasteiger partial charge < -0.3 is 33.7 Å². The number of aromatic nitrogens is 1. The standard InChI is InChI=1S/C32H34ClN3O8/c1-17(37)36(31(39)43-32(2,3)4)44-24-14-23-26(21-11-9-8-10-20(21)24)19(15-33)16-35(23)30(38)22-12-18-13-25(40-5)28(41-6)29(42-7)27(18)34-22/h8-14,19,34H,15-16H2,1-7H3/t19-/m0/s1. The van der Waals surface area contributed by atoms with E-state index in [1.165, 1.54) is 28.3 Å². The number of nitrogens with one attached hydrogen (secondary N) is 1. The van der Waals surface area contributed by atoms with E-state index in [0.717, 1.165) is 10.9 Å². The molecule has 1 N–H and O–H groups in total. The minimum atomic E-state index is -0.959. The monoisotopic (exact) mass is 623 g/mol. The lowest BCUT2D eigenvalue weighted by Crippen LogP contribution is -2.42. The number of hydrogen-bond acceptors (Lipinski definition) is 8. The van der Waals surface area contributed by atoms with Crippen molar-refractivity contribution >= 4 is 56.9 Å². The molecule has 0 spiro atoms. The SMILES string of the molecule is COc1cc2cc(C(=O)N3C[C@H](CCl)c4c3cc(ON(C(C)=O)C(=O)OC(C)(C)C)c3ccccc43)[nH]c2c(OC)c1OC. The van der Waals surface area contributed by atoms with Crippen LogP contribution in [0.25, 0.3) is 21.7 Å². The number of methoxy groups -OCH3 is 3. The maximum atomic E-state index is 14.2. The van der Waals surface area contributed by atoms with Crippen LogP contribution in [0.2, 0.25) is 0 Å². The van der Waals surface area contributed by atoms with Crippen molar-refractivity contribution in [3.05, 3.63) is 53.7 Å².